The van der Waals surface area contributed by atoms with Gasteiger partial charge in [-0.1, -0.05) is 12.1 Å². The van der Waals surface area contributed by atoms with Gasteiger partial charge in [0.05, 0.1) is 19.6 Å². The lowest BCUT2D eigenvalue weighted by Crippen LogP contribution is -2.28. The quantitative estimate of drug-likeness (QED) is 0.392. The molecule has 0 radical (unpaired) electrons. The van der Waals surface area contributed by atoms with E-state index in [2.05, 4.69) is 5.32 Å². The molecular formula is C20H24N2O8. The topological polar surface area (TPSA) is 136 Å². The molecule has 162 valence electrons. The van der Waals surface area contributed by atoms with Crippen molar-refractivity contribution in [2.75, 3.05) is 19.8 Å². The number of aromatic hydroxyl groups is 2. The van der Waals surface area contributed by atoms with Gasteiger partial charge >= 0.3 is 12.1 Å². The molecule has 1 aromatic heterocycles. The molecule has 0 saturated heterocycles. The van der Waals surface area contributed by atoms with E-state index in [0.29, 0.717) is 16.7 Å². The number of aromatic nitrogens is 1. The number of amides is 1. The molecule has 2 rings (SSSR count). The van der Waals surface area contributed by atoms with Crippen LogP contribution in [-0.4, -0.2) is 52.5 Å². The average Bonchev–Trinajstić information content (AvgIpc) is 3.09. The molecule has 0 spiro atoms. The van der Waals surface area contributed by atoms with Gasteiger partial charge in [-0.15, -0.1) is 0 Å². The van der Waals surface area contributed by atoms with Gasteiger partial charge in [-0.25, -0.2) is 9.36 Å². The molecule has 0 aliphatic rings. The fourth-order valence-corrected chi connectivity index (χ4v) is 2.41. The van der Waals surface area contributed by atoms with Crippen LogP contribution in [0.2, 0.25) is 0 Å². The van der Waals surface area contributed by atoms with Crippen molar-refractivity contribution in [1.29, 1.82) is 0 Å². The molecule has 30 heavy (non-hydrogen) atoms. The third kappa shape index (κ3) is 6.73. The predicted molar refractivity (Wildman–Crippen MR) is 105 cm³/mol. The summed E-state index contributed by atoms with van der Waals surface area (Å²) in [5, 5.41) is 21.4. The van der Waals surface area contributed by atoms with Crippen molar-refractivity contribution in [2.45, 2.75) is 26.2 Å². The molecule has 1 heterocycles. The highest BCUT2D eigenvalue weighted by Crippen LogP contribution is 2.26. The summed E-state index contributed by atoms with van der Waals surface area (Å²) in [6.45, 7) is 0.458. The molecule has 0 fully saturated rings. The Hall–Kier alpha value is -3.69. The molecule has 0 atom stereocenters. The maximum Gasteiger partial charge on any atom is 0.412 e. The van der Waals surface area contributed by atoms with Crippen LogP contribution < -0.4 is 14.8 Å². The third-order valence-electron chi connectivity index (χ3n) is 3.79. The van der Waals surface area contributed by atoms with E-state index in [-0.39, 0.29) is 45.2 Å². The number of esters is 1. The normalized spacial score (nSPS) is 10.7. The first kappa shape index (κ1) is 21.0. The first-order valence-electron chi connectivity index (χ1n) is 9.88. The van der Waals surface area contributed by atoms with Gasteiger partial charge in [0.1, 0.15) is 0 Å². The highest BCUT2D eigenvalue weighted by atomic mass is 16.6. The maximum atomic E-state index is 11.9. The smallest absolute Gasteiger partial charge is 0.412 e. The average molecular weight is 422 g/mol. The van der Waals surface area contributed by atoms with Crippen LogP contribution in [-0.2, 0) is 9.53 Å². The van der Waals surface area contributed by atoms with Gasteiger partial charge in [-0.3, -0.25) is 9.59 Å². The Morgan fingerprint density at radius 3 is 2.47 bits per heavy atom. The van der Waals surface area contributed by atoms with E-state index >= 15 is 0 Å². The summed E-state index contributed by atoms with van der Waals surface area (Å²) >= 11 is 0. The zero-order valence-corrected chi connectivity index (χ0v) is 16.2. The second kappa shape index (κ2) is 11.3. The molecule has 0 bridgehead atoms. The van der Waals surface area contributed by atoms with Gasteiger partial charge in [0, 0.05) is 26.5 Å². The van der Waals surface area contributed by atoms with Crippen molar-refractivity contribution in [2.24, 2.45) is 0 Å². The molecule has 0 aliphatic heterocycles. The molecule has 10 nitrogen and oxygen atoms in total. The minimum atomic E-state index is -0.704. The predicted octanol–water partition coefficient (Wildman–Crippen LogP) is 2.44. The SMILES string of the molecule is [3H]CCOc1ccccc1OC(=O)NCCCOC(=O)CCC(=O)n1c(O)ccc1O. The number of hydrogen-bond acceptors (Lipinski definition) is 8. The first-order chi connectivity index (χ1) is 14.9. The minimum Gasteiger partial charge on any atom is -0.494 e. The number of carbonyl (C=O) groups excluding carboxylic acids is 3. The highest BCUT2D eigenvalue weighted by molar-refractivity contribution is 5.85. The van der Waals surface area contributed by atoms with Crippen molar-refractivity contribution >= 4 is 18.0 Å². The highest BCUT2D eigenvalue weighted by Gasteiger charge is 2.16. The number of carbonyl (C=O) groups is 3. The van der Waals surface area contributed by atoms with Crippen LogP contribution in [0.3, 0.4) is 0 Å². The zero-order chi connectivity index (χ0) is 22.6. The number of benzene rings is 1. The fourth-order valence-electron chi connectivity index (χ4n) is 2.41. The lowest BCUT2D eigenvalue weighted by atomic mass is 10.3. The molecule has 2 aromatic rings. The Labute approximate surface area is 174 Å². The van der Waals surface area contributed by atoms with Crippen LogP contribution in [0.4, 0.5) is 4.79 Å². The Kier molecular flexibility index (Phi) is 7.95. The summed E-state index contributed by atoms with van der Waals surface area (Å²) in [5.41, 5.74) is 0. The third-order valence-corrected chi connectivity index (χ3v) is 3.79. The van der Waals surface area contributed by atoms with E-state index in [4.69, 9.17) is 15.6 Å². The zero-order valence-electron chi connectivity index (χ0n) is 17.2. The molecule has 0 saturated carbocycles. The van der Waals surface area contributed by atoms with Gasteiger partial charge in [0.25, 0.3) is 0 Å². The number of ether oxygens (including phenoxy) is 3. The minimum absolute atomic E-state index is 0.0243. The number of hydrogen-bond donors (Lipinski definition) is 3. The molecule has 0 unspecified atom stereocenters. The number of rotatable bonds is 10. The van der Waals surface area contributed by atoms with Gasteiger partial charge in [0.2, 0.25) is 17.7 Å². The van der Waals surface area contributed by atoms with E-state index < -0.39 is 29.7 Å². The largest absolute Gasteiger partial charge is 0.494 e. The van der Waals surface area contributed by atoms with Crippen molar-refractivity contribution in [1.82, 2.24) is 9.88 Å². The number of nitrogens with one attached hydrogen (secondary N) is 1. The van der Waals surface area contributed by atoms with Gasteiger partial charge in [0.15, 0.2) is 11.5 Å². The molecular weight excluding hydrogens is 396 g/mol. The number of nitrogens with zero attached hydrogens (tertiary/aromatic N) is 1. The summed E-state index contributed by atoms with van der Waals surface area (Å²) < 4.78 is 23.3. The van der Waals surface area contributed by atoms with Gasteiger partial charge < -0.3 is 29.7 Å². The standard InChI is InChI=1S/C20H24N2O8/c1-2-28-14-6-3-4-7-15(14)30-20(27)21-12-5-13-29-19(26)11-10-18(25)22-16(23)8-9-17(22)24/h3-4,6-9,23-24H,2,5,10-13H2,1H3,(H,21,27)/i1T. The Bertz CT molecular complexity index is 880. The van der Waals surface area contributed by atoms with Crippen molar-refractivity contribution < 1.29 is 40.2 Å². The van der Waals surface area contributed by atoms with E-state index in [1.807, 2.05) is 0 Å². The van der Waals surface area contributed by atoms with E-state index in [1.54, 1.807) is 24.3 Å². The molecule has 1 aromatic carbocycles. The Morgan fingerprint density at radius 2 is 1.77 bits per heavy atom. The maximum absolute atomic E-state index is 11.9. The Balaban J connectivity index is 1.62. The summed E-state index contributed by atoms with van der Waals surface area (Å²) in [6.07, 6.45) is -0.850. The van der Waals surface area contributed by atoms with Crippen LogP contribution >= 0.6 is 0 Å². The van der Waals surface area contributed by atoms with E-state index in [9.17, 15) is 24.6 Å². The van der Waals surface area contributed by atoms with Crippen LogP contribution in [0, 0.1) is 0 Å². The summed E-state index contributed by atoms with van der Waals surface area (Å²) in [4.78, 5) is 35.5. The van der Waals surface area contributed by atoms with Crippen molar-refractivity contribution in [3.63, 3.8) is 0 Å². The Morgan fingerprint density at radius 1 is 1.07 bits per heavy atom. The molecule has 3 N–H and O–H groups in total. The van der Waals surface area contributed by atoms with Crippen molar-refractivity contribution in [3.8, 4) is 23.3 Å². The van der Waals surface area contributed by atoms with Crippen LogP contribution in [0.5, 0.6) is 23.3 Å². The number of para-hydroxylation sites is 2. The molecule has 10 heteroatoms. The fraction of sp³-hybridized carbons (Fsp3) is 0.350. The lowest BCUT2D eigenvalue weighted by molar-refractivity contribution is -0.143. The van der Waals surface area contributed by atoms with Crippen LogP contribution in [0.15, 0.2) is 36.4 Å². The summed E-state index contributed by atoms with van der Waals surface area (Å²) in [7, 11) is 0. The lowest BCUT2D eigenvalue weighted by Gasteiger charge is -2.11. The van der Waals surface area contributed by atoms with Crippen LogP contribution in [0.25, 0.3) is 0 Å². The second-order valence-corrected chi connectivity index (χ2v) is 5.96. The van der Waals surface area contributed by atoms with Gasteiger partial charge in [-0.05, 0) is 25.5 Å². The second-order valence-electron chi connectivity index (χ2n) is 5.96. The molecule has 1 amide bonds. The first-order valence-corrected chi connectivity index (χ1v) is 9.17. The molecule has 0 aliphatic carbocycles. The van der Waals surface area contributed by atoms with E-state index in [1.165, 1.54) is 0 Å². The monoisotopic (exact) mass is 422 g/mol. The van der Waals surface area contributed by atoms with Crippen LogP contribution in [0.1, 0.15) is 32.3 Å². The van der Waals surface area contributed by atoms with Gasteiger partial charge in [-0.2, -0.15) is 0 Å². The van der Waals surface area contributed by atoms with E-state index in [0.717, 1.165) is 12.1 Å². The van der Waals surface area contributed by atoms with Crippen molar-refractivity contribution in [3.05, 3.63) is 36.4 Å². The summed E-state index contributed by atoms with van der Waals surface area (Å²) in [5.74, 6) is -1.52. The summed E-state index contributed by atoms with van der Waals surface area (Å²) in [6, 6.07) is 8.91.